The predicted octanol–water partition coefficient (Wildman–Crippen LogP) is 2.52. The normalized spacial score (nSPS) is 11.8. The van der Waals surface area contributed by atoms with Crippen LogP contribution in [-0.2, 0) is 0 Å². The average Bonchev–Trinajstić information content (AvgIpc) is 2.93. The molecular weight excluding hydrogens is 270 g/mol. The fourth-order valence-corrected chi connectivity index (χ4v) is 2.65. The highest BCUT2D eigenvalue weighted by Crippen LogP contribution is 2.24. The molecule has 0 radical (unpaired) electrons. The number of benzene rings is 1. The summed E-state index contributed by atoms with van der Waals surface area (Å²) in [7, 11) is 0. The number of hydrogen-bond donors (Lipinski definition) is 1. The molecule has 6 heteroatoms. The summed E-state index contributed by atoms with van der Waals surface area (Å²) in [4.78, 5) is 0. The van der Waals surface area contributed by atoms with Gasteiger partial charge in [0.2, 0.25) is 5.16 Å². The zero-order valence-corrected chi connectivity index (χ0v) is 12.8. The van der Waals surface area contributed by atoms with Crippen LogP contribution >= 0.6 is 11.8 Å². The predicted molar refractivity (Wildman–Crippen MR) is 81.9 cm³/mol. The SMILES string of the molecule is CC(C)(CN)CCCSc1nnnn1-c1ccccc1. The molecule has 0 amide bonds. The lowest BCUT2D eigenvalue weighted by atomic mass is 9.88. The van der Waals surface area contributed by atoms with E-state index >= 15 is 0 Å². The van der Waals surface area contributed by atoms with Gasteiger partial charge in [0.15, 0.2) is 0 Å². The number of tetrazole rings is 1. The second-order valence-electron chi connectivity index (χ2n) is 5.53. The van der Waals surface area contributed by atoms with Crippen molar-refractivity contribution in [3.05, 3.63) is 30.3 Å². The van der Waals surface area contributed by atoms with Gasteiger partial charge in [-0.3, -0.25) is 0 Å². The van der Waals surface area contributed by atoms with Crippen LogP contribution < -0.4 is 5.73 Å². The fourth-order valence-electron chi connectivity index (χ4n) is 1.82. The molecule has 0 aliphatic carbocycles. The number of rotatable bonds is 7. The quantitative estimate of drug-likeness (QED) is 0.627. The topological polar surface area (TPSA) is 69.6 Å². The largest absolute Gasteiger partial charge is 0.330 e. The number of hydrogen-bond acceptors (Lipinski definition) is 5. The van der Waals surface area contributed by atoms with Gasteiger partial charge in [0, 0.05) is 5.75 Å². The Morgan fingerprint density at radius 3 is 2.70 bits per heavy atom. The van der Waals surface area contributed by atoms with Crippen LogP contribution in [0, 0.1) is 5.41 Å². The van der Waals surface area contributed by atoms with E-state index in [4.69, 9.17) is 5.73 Å². The van der Waals surface area contributed by atoms with Gasteiger partial charge in [-0.2, -0.15) is 4.68 Å². The maximum absolute atomic E-state index is 5.74. The van der Waals surface area contributed by atoms with E-state index in [0.717, 1.165) is 36.0 Å². The monoisotopic (exact) mass is 291 g/mol. The van der Waals surface area contributed by atoms with Gasteiger partial charge < -0.3 is 5.73 Å². The van der Waals surface area contributed by atoms with E-state index in [1.807, 2.05) is 30.3 Å². The molecule has 0 atom stereocenters. The molecule has 0 aliphatic rings. The van der Waals surface area contributed by atoms with E-state index in [9.17, 15) is 0 Å². The van der Waals surface area contributed by atoms with E-state index in [1.54, 1.807) is 16.4 Å². The Kier molecular flexibility index (Phi) is 5.14. The highest BCUT2D eigenvalue weighted by Gasteiger charge is 2.15. The first-order valence-corrected chi connectivity index (χ1v) is 7.78. The molecule has 0 unspecified atom stereocenters. The molecule has 108 valence electrons. The zero-order valence-electron chi connectivity index (χ0n) is 12.0. The van der Waals surface area contributed by atoms with Crippen LogP contribution in [0.4, 0.5) is 0 Å². The van der Waals surface area contributed by atoms with Crippen molar-refractivity contribution in [1.82, 2.24) is 20.2 Å². The van der Waals surface area contributed by atoms with Crippen LogP contribution in [0.25, 0.3) is 5.69 Å². The van der Waals surface area contributed by atoms with Gasteiger partial charge in [0.25, 0.3) is 0 Å². The van der Waals surface area contributed by atoms with E-state index in [1.165, 1.54) is 0 Å². The summed E-state index contributed by atoms with van der Waals surface area (Å²) in [5, 5.41) is 12.7. The smallest absolute Gasteiger partial charge is 0.214 e. The van der Waals surface area contributed by atoms with Crippen molar-refractivity contribution in [2.45, 2.75) is 31.8 Å². The van der Waals surface area contributed by atoms with E-state index in [2.05, 4.69) is 29.4 Å². The number of thioether (sulfide) groups is 1. The van der Waals surface area contributed by atoms with Crippen molar-refractivity contribution in [3.63, 3.8) is 0 Å². The van der Waals surface area contributed by atoms with Crippen LogP contribution in [0.3, 0.4) is 0 Å². The van der Waals surface area contributed by atoms with Gasteiger partial charge in [0.05, 0.1) is 5.69 Å². The number of nitrogens with zero attached hydrogens (tertiary/aromatic N) is 4. The first-order valence-electron chi connectivity index (χ1n) is 6.79. The Labute approximate surface area is 123 Å². The van der Waals surface area contributed by atoms with Gasteiger partial charge in [-0.1, -0.05) is 43.8 Å². The van der Waals surface area contributed by atoms with Crippen LogP contribution in [0.1, 0.15) is 26.7 Å². The molecule has 0 saturated heterocycles. The second-order valence-corrected chi connectivity index (χ2v) is 6.59. The summed E-state index contributed by atoms with van der Waals surface area (Å²) in [6.07, 6.45) is 2.22. The third-order valence-electron chi connectivity index (χ3n) is 3.22. The van der Waals surface area contributed by atoms with Gasteiger partial charge in [-0.15, -0.1) is 5.10 Å². The first kappa shape index (κ1) is 15.0. The summed E-state index contributed by atoms with van der Waals surface area (Å²) in [5.74, 6) is 0.997. The molecule has 0 spiro atoms. The molecule has 2 rings (SSSR count). The standard InChI is InChI=1S/C14H21N5S/c1-14(2,11-15)9-6-10-20-13-16-17-18-19(13)12-7-4-3-5-8-12/h3-5,7-8H,6,9-11,15H2,1-2H3. The van der Waals surface area contributed by atoms with Crippen molar-refractivity contribution in [3.8, 4) is 5.69 Å². The molecule has 2 aromatic rings. The third-order valence-corrected chi connectivity index (χ3v) is 4.23. The molecule has 0 aliphatic heterocycles. The summed E-state index contributed by atoms with van der Waals surface area (Å²) < 4.78 is 1.78. The van der Waals surface area contributed by atoms with Crippen LogP contribution in [0.15, 0.2) is 35.5 Å². The van der Waals surface area contributed by atoms with Crippen LogP contribution in [-0.4, -0.2) is 32.5 Å². The molecular formula is C14H21N5S. The maximum atomic E-state index is 5.74. The van der Waals surface area contributed by atoms with E-state index < -0.39 is 0 Å². The highest BCUT2D eigenvalue weighted by molar-refractivity contribution is 7.99. The summed E-state index contributed by atoms with van der Waals surface area (Å²) in [5.41, 5.74) is 6.94. The van der Waals surface area contributed by atoms with Gasteiger partial charge >= 0.3 is 0 Å². The molecule has 1 aromatic heterocycles. The summed E-state index contributed by atoms with van der Waals surface area (Å²) in [6.45, 7) is 5.12. The molecule has 0 bridgehead atoms. The molecule has 0 saturated carbocycles. The summed E-state index contributed by atoms with van der Waals surface area (Å²) >= 11 is 1.69. The number of para-hydroxylation sites is 1. The molecule has 5 nitrogen and oxygen atoms in total. The Morgan fingerprint density at radius 1 is 1.25 bits per heavy atom. The van der Waals surface area contributed by atoms with Crippen molar-refractivity contribution in [2.24, 2.45) is 11.1 Å². The molecule has 1 heterocycles. The van der Waals surface area contributed by atoms with Crippen LogP contribution in [0.5, 0.6) is 0 Å². The Balaban J connectivity index is 1.90. The second kappa shape index (κ2) is 6.85. The minimum atomic E-state index is 0.214. The molecule has 1 aromatic carbocycles. The van der Waals surface area contributed by atoms with E-state index in [-0.39, 0.29) is 5.41 Å². The van der Waals surface area contributed by atoms with Crippen molar-refractivity contribution in [2.75, 3.05) is 12.3 Å². The minimum Gasteiger partial charge on any atom is -0.330 e. The van der Waals surface area contributed by atoms with E-state index in [0.29, 0.717) is 0 Å². The van der Waals surface area contributed by atoms with Gasteiger partial charge in [0.1, 0.15) is 0 Å². The lowest BCUT2D eigenvalue weighted by Crippen LogP contribution is -2.23. The van der Waals surface area contributed by atoms with Gasteiger partial charge in [-0.05, 0) is 47.4 Å². The molecule has 20 heavy (non-hydrogen) atoms. The molecule has 0 fully saturated rings. The van der Waals surface area contributed by atoms with Crippen molar-refractivity contribution >= 4 is 11.8 Å². The van der Waals surface area contributed by atoms with Crippen LogP contribution in [0.2, 0.25) is 0 Å². The average molecular weight is 291 g/mol. The highest BCUT2D eigenvalue weighted by atomic mass is 32.2. The first-order chi connectivity index (χ1) is 9.62. The van der Waals surface area contributed by atoms with Crippen molar-refractivity contribution in [1.29, 1.82) is 0 Å². The Morgan fingerprint density at radius 2 is 2.00 bits per heavy atom. The maximum Gasteiger partial charge on any atom is 0.214 e. The summed E-state index contributed by atoms with van der Waals surface area (Å²) in [6, 6.07) is 9.94. The Bertz CT molecular complexity index is 523. The molecule has 2 N–H and O–H groups in total. The van der Waals surface area contributed by atoms with Crippen molar-refractivity contribution < 1.29 is 0 Å². The fraction of sp³-hybridized carbons (Fsp3) is 0.500. The zero-order chi connectivity index (χ0) is 14.4. The Hall–Kier alpha value is -1.40. The third kappa shape index (κ3) is 4.05. The number of nitrogens with two attached hydrogens (primary N) is 1. The lowest BCUT2D eigenvalue weighted by molar-refractivity contribution is 0.345. The number of aromatic nitrogens is 4. The minimum absolute atomic E-state index is 0.214. The van der Waals surface area contributed by atoms with Gasteiger partial charge in [-0.25, -0.2) is 0 Å². The lowest BCUT2D eigenvalue weighted by Gasteiger charge is -2.21.